The van der Waals surface area contributed by atoms with E-state index in [0.29, 0.717) is 6.04 Å². The largest absolute Gasteiger partial charge is 0.396 e. The van der Waals surface area contributed by atoms with Crippen molar-refractivity contribution in [3.8, 4) is 0 Å². The number of rotatable bonds is 5. The van der Waals surface area contributed by atoms with Gasteiger partial charge in [0.2, 0.25) is 0 Å². The van der Waals surface area contributed by atoms with Crippen molar-refractivity contribution in [1.82, 2.24) is 4.90 Å². The van der Waals surface area contributed by atoms with Crippen LogP contribution < -0.4 is 0 Å². The minimum Gasteiger partial charge on any atom is -0.396 e. The van der Waals surface area contributed by atoms with Gasteiger partial charge in [-0.1, -0.05) is 26.7 Å². The topological polar surface area (TPSA) is 43.7 Å². The molecular formula is C13H27NO2. The highest BCUT2D eigenvalue weighted by molar-refractivity contribution is 4.82. The fourth-order valence-corrected chi connectivity index (χ4v) is 2.68. The van der Waals surface area contributed by atoms with Gasteiger partial charge in [0, 0.05) is 18.0 Å². The van der Waals surface area contributed by atoms with Gasteiger partial charge in [0.1, 0.15) is 0 Å². The molecule has 0 bridgehead atoms. The lowest BCUT2D eigenvalue weighted by atomic mass is 9.84. The predicted octanol–water partition coefficient (Wildman–Crippen LogP) is 1.49. The summed E-state index contributed by atoms with van der Waals surface area (Å²) in [4.78, 5) is 2.32. The zero-order valence-corrected chi connectivity index (χ0v) is 10.9. The summed E-state index contributed by atoms with van der Waals surface area (Å²) in [6.07, 6.45) is 5.17. The molecule has 3 heteroatoms. The van der Waals surface area contributed by atoms with Gasteiger partial charge >= 0.3 is 0 Å². The minimum atomic E-state index is -0.366. The summed E-state index contributed by atoms with van der Waals surface area (Å²) < 4.78 is 0. The monoisotopic (exact) mass is 229 g/mol. The van der Waals surface area contributed by atoms with Gasteiger partial charge in [-0.05, 0) is 25.8 Å². The van der Waals surface area contributed by atoms with Crippen molar-refractivity contribution >= 4 is 0 Å². The van der Waals surface area contributed by atoms with Crippen molar-refractivity contribution in [1.29, 1.82) is 0 Å². The summed E-state index contributed by atoms with van der Waals surface area (Å²) in [6.45, 7) is 5.14. The third-order valence-electron chi connectivity index (χ3n) is 3.93. The van der Waals surface area contributed by atoms with Crippen molar-refractivity contribution < 1.29 is 10.2 Å². The first-order valence-electron chi connectivity index (χ1n) is 6.43. The Bertz CT molecular complexity index is 204. The third-order valence-corrected chi connectivity index (χ3v) is 3.93. The highest BCUT2D eigenvalue weighted by atomic mass is 16.3. The summed E-state index contributed by atoms with van der Waals surface area (Å²) in [5.74, 6) is 0.815. The Balaban J connectivity index is 2.47. The van der Waals surface area contributed by atoms with Crippen LogP contribution in [-0.4, -0.2) is 48.0 Å². The molecule has 1 aliphatic rings. The number of aliphatic hydroxyl groups excluding tert-OH is 2. The average Bonchev–Trinajstić information content (AvgIpc) is 2.29. The van der Waals surface area contributed by atoms with Gasteiger partial charge in [-0.3, -0.25) is 0 Å². The van der Waals surface area contributed by atoms with Crippen molar-refractivity contribution in [2.45, 2.75) is 45.6 Å². The van der Waals surface area contributed by atoms with Crippen LogP contribution in [0.1, 0.15) is 39.5 Å². The van der Waals surface area contributed by atoms with Gasteiger partial charge < -0.3 is 15.1 Å². The SMILES string of the molecule is CC1CCCC(N(C)CC(C)(CO)CO)C1. The summed E-state index contributed by atoms with van der Waals surface area (Å²) in [5.41, 5.74) is -0.366. The van der Waals surface area contributed by atoms with Crippen LogP contribution in [0.15, 0.2) is 0 Å². The summed E-state index contributed by atoms with van der Waals surface area (Å²) >= 11 is 0. The zero-order valence-electron chi connectivity index (χ0n) is 10.9. The van der Waals surface area contributed by atoms with Crippen molar-refractivity contribution in [3.63, 3.8) is 0 Å². The normalized spacial score (nSPS) is 27.4. The second-order valence-corrected chi connectivity index (χ2v) is 5.97. The molecule has 2 unspecified atom stereocenters. The second-order valence-electron chi connectivity index (χ2n) is 5.97. The van der Waals surface area contributed by atoms with Crippen LogP contribution in [0, 0.1) is 11.3 Å². The number of nitrogens with zero attached hydrogens (tertiary/aromatic N) is 1. The van der Waals surface area contributed by atoms with E-state index in [1.807, 2.05) is 6.92 Å². The van der Waals surface area contributed by atoms with Crippen molar-refractivity contribution in [2.75, 3.05) is 26.8 Å². The maximum absolute atomic E-state index is 9.30. The molecule has 0 amide bonds. The van der Waals surface area contributed by atoms with Crippen LogP contribution in [0.4, 0.5) is 0 Å². The van der Waals surface area contributed by atoms with Crippen LogP contribution in [0.5, 0.6) is 0 Å². The van der Waals surface area contributed by atoms with Gasteiger partial charge in [0.15, 0.2) is 0 Å². The molecule has 0 aromatic heterocycles. The fourth-order valence-electron chi connectivity index (χ4n) is 2.68. The van der Waals surface area contributed by atoms with E-state index in [-0.39, 0.29) is 18.6 Å². The Morgan fingerprint density at radius 2 is 1.88 bits per heavy atom. The molecule has 1 fully saturated rings. The van der Waals surface area contributed by atoms with Gasteiger partial charge in [0.25, 0.3) is 0 Å². The average molecular weight is 229 g/mol. The van der Waals surface area contributed by atoms with Crippen LogP contribution >= 0.6 is 0 Å². The number of hydrogen-bond donors (Lipinski definition) is 2. The van der Waals surface area contributed by atoms with Gasteiger partial charge in [0.05, 0.1) is 13.2 Å². The van der Waals surface area contributed by atoms with E-state index >= 15 is 0 Å². The van der Waals surface area contributed by atoms with Crippen LogP contribution in [-0.2, 0) is 0 Å². The number of hydrogen-bond acceptors (Lipinski definition) is 3. The number of aliphatic hydroxyl groups is 2. The molecule has 1 rings (SSSR count). The molecule has 96 valence electrons. The Morgan fingerprint density at radius 3 is 2.38 bits per heavy atom. The standard InChI is InChI=1S/C13H27NO2/c1-11-5-4-6-12(7-11)14(3)8-13(2,9-15)10-16/h11-12,15-16H,4-10H2,1-3H3. The zero-order chi connectivity index (χ0) is 12.2. The molecule has 0 aromatic carbocycles. The molecule has 2 N–H and O–H groups in total. The summed E-state index contributed by atoms with van der Waals surface area (Å²) in [7, 11) is 2.12. The highest BCUT2D eigenvalue weighted by Crippen LogP contribution is 2.28. The Morgan fingerprint density at radius 1 is 1.25 bits per heavy atom. The maximum Gasteiger partial charge on any atom is 0.0519 e. The lowest BCUT2D eigenvalue weighted by Crippen LogP contribution is -2.44. The molecule has 16 heavy (non-hydrogen) atoms. The van der Waals surface area contributed by atoms with Crippen LogP contribution in [0.3, 0.4) is 0 Å². The lowest BCUT2D eigenvalue weighted by Gasteiger charge is -2.38. The molecule has 3 nitrogen and oxygen atoms in total. The Hall–Kier alpha value is -0.120. The summed E-state index contributed by atoms with van der Waals surface area (Å²) in [6, 6.07) is 0.626. The van der Waals surface area contributed by atoms with Crippen LogP contribution in [0.2, 0.25) is 0 Å². The molecule has 0 spiro atoms. The van der Waals surface area contributed by atoms with E-state index in [2.05, 4.69) is 18.9 Å². The van der Waals surface area contributed by atoms with E-state index in [1.54, 1.807) is 0 Å². The van der Waals surface area contributed by atoms with Crippen molar-refractivity contribution in [3.05, 3.63) is 0 Å². The predicted molar refractivity (Wildman–Crippen MR) is 66.3 cm³/mol. The van der Waals surface area contributed by atoms with Gasteiger partial charge in [-0.2, -0.15) is 0 Å². The third kappa shape index (κ3) is 3.72. The van der Waals surface area contributed by atoms with E-state index < -0.39 is 0 Å². The fraction of sp³-hybridized carbons (Fsp3) is 1.00. The Labute approximate surface area is 99.5 Å². The first kappa shape index (κ1) is 13.9. The quantitative estimate of drug-likeness (QED) is 0.750. The van der Waals surface area contributed by atoms with Gasteiger partial charge in [-0.15, -0.1) is 0 Å². The first-order chi connectivity index (χ1) is 7.50. The van der Waals surface area contributed by atoms with E-state index in [9.17, 15) is 10.2 Å². The molecule has 1 saturated carbocycles. The smallest absolute Gasteiger partial charge is 0.0519 e. The second kappa shape index (κ2) is 5.99. The Kier molecular flexibility index (Phi) is 5.22. The molecule has 0 heterocycles. The first-order valence-corrected chi connectivity index (χ1v) is 6.43. The molecule has 0 aliphatic heterocycles. The minimum absolute atomic E-state index is 0.0517. The maximum atomic E-state index is 9.30. The van der Waals surface area contributed by atoms with E-state index in [4.69, 9.17) is 0 Å². The molecule has 2 atom stereocenters. The van der Waals surface area contributed by atoms with E-state index in [0.717, 1.165) is 12.5 Å². The van der Waals surface area contributed by atoms with Crippen molar-refractivity contribution in [2.24, 2.45) is 11.3 Å². The highest BCUT2D eigenvalue weighted by Gasteiger charge is 2.29. The van der Waals surface area contributed by atoms with Crippen LogP contribution in [0.25, 0.3) is 0 Å². The molecule has 0 aromatic rings. The van der Waals surface area contributed by atoms with E-state index in [1.165, 1.54) is 25.7 Å². The van der Waals surface area contributed by atoms with Gasteiger partial charge in [-0.25, -0.2) is 0 Å². The molecule has 0 radical (unpaired) electrons. The lowest BCUT2D eigenvalue weighted by molar-refractivity contribution is 0.0225. The molecular weight excluding hydrogens is 202 g/mol. The molecule has 0 saturated heterocycles. The molecule has 1 aliphatic carbocycles. The summed E-state index contributed by atoms with van der Waals surface area (Å²) in [5, 5.41) is 18.6.